The zero-order valence-corrected chi connectivity index (χ0v) is 8.89. The van der Waals surface area contributed by atoms with Crippen LogP contribution in [0.4, 0.5) is 4.39 Å². The molecule has 1 unspecified atom stereocenters. The summed E-state index contributed by atoms with van der Waals surface area (Å²) in [6.45, 7) is 3.98. The fourth-order valence-corrected chi connectivity index (χ4v) is 2.12. The number of nitrogens with one attached hydrogen (secondary N) is 1. The molecule has 1 aromatic carbocycles. The van der Waals surface area contributed by atoms with E-state index < -0.39 is 5.82 Å². The Hall–Kier alpha value is -1.09. The summed E-state index contributed by atoms with van der Waals surface area (Å²) >= 11 is 0. The highest BCUT2D eigenvalue weighted by Crippen LogP contribution is 2.24. The SMILES string of the molecule is Cc1cc(F)c(O)cc1CC1CCNC1. The summed E-state index contributed by atoms with van der Waals surface area (Å²) in [6, 6.07) is 2.97. The van der Waals surface area contributed by atoms with Crippen molar-refractivity contribution in [2.24, 2.45) is 5.92 Å². The Kier molecular flexibility index (Phi) is 2.91. The Morgan fingerprint density at radius 3 is 3.00 bits per heavy atom. The predicted octanol–water partition coefficient (Wildman–Crippen LogP) is 1.99. The lowest BCUT2D eigenvalue weighted by atomic mass is 9.95. The minimum Gasteiger partial charge on any atom is -0.505 e. The van der Waals surface area contributed by atoms with Crippen molar-refractivity contribution < 1.29 is 9.50 Å². The Morgan fingerprint density at radius 1 is 1.53 bits per heavy atom. The summed E-state index contributed by atoms with van der Waals surface area (Å²) in [4.78, 5) is 0. The van der Waals surface area contributed by atoms with Crippen molar-refractivity contribution in [3.05, 3.63) is 29.1 Å². The van der Waals surface area contributed by atoms with E-state index in [1.165, 1.54) is 6.07 Å². The predicted molar refractivity (Wildman–Crippen MR) is 57.5 cm³/mol. The fraction of sp³-hybridized carbons (Fsp3) is 0.500. The maximum Gasteiger partial charge on any atom is 0.165 e. The maximum absolute atomic E-state index is 13.0. The van der Waals surface area contributed by atoms with Crippen LogP contribution in [0.2, 0.25) is 0 Å². The molecule has 1 aliphatic rings. The first kappa shape index (κ1) is 10.4. The summed E-state index contributed by atoms with van der Waals surface area (Å²) in [5.74, 6) is -0.143. The van der Waals surface area contributed by atoms with Gasteiger partial charge in [0.15, 0.2) is 11.6 Å². The standard InChI is InChI=1S/C12H16FNO/c1-8-4-11(13)12(15)6-10(8)5-9-2-3-14-7-9/h4,6,9,14-15H,2-3,5,7H2,1H3. The molecule has 82 valence electrons. The lowest BCUT2D eigenvalue weighted by Gasteiger charge is -2.11. The van der Waals surface area contributed by atoms with Crippen molar-refractivity contribution in [2.75, 3.05) is 13.1 Å². The number of halogens is 1. The van der Waals surface area contributed by atoms with Gasteiger partial charge in [-0.05, 0) is 62.0 Å². The van der Waals surface area contributed by atoms with Gasteiger partial charge in [0.05, 0.1) is 0 Å². The van der Waals surface area contributed by atoms with Gasteiger partial charge in [-0.1, -0.05) is 0 Å². The van der Waals surface area contributed by atoms with Crippen LogP contribution in [0.15, 0.2) is 12.1 Å². The number of phenolic OH excluding ortho intramolecular Hbond substituents is 1. The van der Waals surface area contributed by atoms with Crippen LogP contribution in [-0.2, 0) is 6.42 Å². The average molecular weight is 209 g/mol. The Bertz CT molecular complexity index is 359. The minimum atomic E-state index is -0.527. The van der Waals surface area contributed by atoms with E-state index in [2.05, 4.69) is 5.32 Å². The normalized spacial score (nSPS) is 20.8. The number of hydrogen-bond acceptors (Lipinski definition) is 2. The van der Waals surface area contributed by atoms with E-state index in [1.54, 1.807) is 6.07 Å². The van der Waals surface area contributed by atoms with E-state index in [9.17, 15) is 9.50 Å². The highest BCUT2D eigenvalue weighted by Gasteiger charge is 2.16. The van der Waals surface area contributed by atoms with Gasteiger partial charge in [-0.25, -0.2) is 4.39 Å². The van der Waals surface area contributed by atoms with E-state index in [4.69, 9.17) is 0 Å². The van der Waals surface area contributed by atoms with E-state index >= 15 is 0 Å². The van der Waals surface area contributed by atoms with Crippen LogP contribution in [0.5, 0.6) is 5.75 Å². The molecule has 1 aromatic rings. The molecule has 2 rings (SSSR count). The molecule has 1 heterocycles. The molecular weight excluding hydrogens is 193 g/mol. The molecule has 0 saturated carbocycles. The van der Waals surface area contributed by atoms with Gasteiger partial charge in [0.1, 0.15) is 0 Å². The summed E-state index contributed by atoms with van der Waals surface area (Å²) in [7, 11) is 0. The van der Waals surface area contributed by atoms with E-state index in [0.717, 1.165) is 37.1 Å². The molecule has 2 N–H and O–H groups in total. The number of aromatic hydroxyl groups is 1. The second-order valence-corrected chi connectivity index (χ2v) is 4.29. The van der Waals surface area contributed by atoms with E-state index in [0.29, 0.717) is 5.92 Å². The second-order valence-electron chi connectivity index (χ2n) is 4.29. The summed E-state index contributed by atoms with van der Waals surface area (Å²) in [5, 5.41) is 12.6. The third-order valence-electron chi connectivity index (χ3n) is 3.08. The minimum absolute atomic E-state index is 0.235. The quantitative estimate of drug-likeness (QED) is 0.780. The van der Waals surface area contributed by atoms with Crippen LogP contribution in [0.1, 0.15) is 17.5 Å². The lowest BCUT2D eigenvalue weighted by Crippen LogP contribution is -2.11. The van der Waals surface area contributed by atoms with Gasteiger partial charge in [-0.15, -0.1) is 0 Å². The van der Waals surface area contributed by atoms with Gasteiger partial charge in [-0.2, -0.15) is 0 Å². The smallest absolute Gasteiger partial charge is 0.165 e. The Balaban J connectivity index is 2.16. The third kappa shape index (κ3) is 2.29. The van der Waals surface area contributed by atoms with Gasteiger partial charge in [0.2, 0.25) is 0 Å². The first-order chi connectivity index (χ1) is 7.16. The first-order valence-electron chi connectivity index (χ1n) is 5.35. The zero-order valence-electron chi connectivity index (χ0n) is 8.89. The highest BCUT2D eigenvalue weighted by atomic mass is 19.1. The van der Waals surface area contributed by atoms with Gasteiger partial charge < -0.3 is 10.4 Å². The van der Waals surface area contributed by atoms with Crippen LogP contribution in [-0.4, -0.2) is 18.2 Å². The van der Waals surface area contributed by atoms with Crippen molar-refractivity contribution in [1.82, 2.24) is 5.32 Å². The second kappa shape index (κ2) is 4.19. The summed E-state index contributed by atoms with van der Waals surface area (Å²) in [5.41, 5.74) is 1.99. The molecule has 1 atom stereocenters. The highest BCUT2D eigenvalue weighted by molar-refractivity contribution is 5.35. The van der Waals surface area contributed by atoms with Crippen molar-refractivity contribution in [3.63, 3.8) is 0 Å². The van der Waals surface area contributed by atoms with Gasteiger partial charge in [0, 0.05) is 0 Å². The number of aryl methyl sites for hydroxylation is 1. The summed E-state index contributed by atoms with van der Waals surface area (Å²) < 4.78 is 13.0. The third-order valence-corrected chi connectivity index (χ3v) is 3.08. The molecule has 0 spiro atoms. The van der Waals surface area contributed by atoms with Crippen molar-refractivity contribution in [1.29, 1.82) is 0 Å². The Labute approximate surface area is 89.1 Å². The molecule has 3 heteroatoms. The molecule has 15 heavy (non-hydrogen) atoms. The van der Waals surface area contributed by atoms with Crippen LogP contribution in [0, 0.1) is 18.7 Å². The van der Waals surface area contributed by atoms with Crippen LogP contribution < -0.4 is 5.32 Å². The molecule has 0 bridgehead atoms. The van der Waals surface area contributed by atoms with E-state index in [1.807, 2.05) is 6.92 Å². The fourth-order valence-electron chi connectivity index (χ4n) is 2.12. The van der Waals surface area contributed by atoms with E-state index in [-0.39, 0.29) is 5.75 Å². The molecule has 1 fully saturated rings. The summed E-state index contributed by atoms with van der Waals surface area (Å²) in [6.07, 6.45) is 2.09. The zero-order chi connectivity index (χ0) is 10.8. The van der Waals surface area contributed by atoms with Gasteiger partial charge in [-0.3, -0.25) is 0 Å². The number of hydrogen-bond donors (Lipinski definition) is 2. The lowest BCUT2D eigenvalue weighted by molar-refractivity contribution is 0.430. The average Bonchev–Trinajstić information content (AvgIpc) is 2.67. The molecule has 0 aliphatic carbocycles. The molecular formula is C12H16FNO. The van der Waals surface area contributed by atoms with Crippen LogP contribution >= 0.6 is 0 Å². The molecule has 1 saturated heterocycles. The number of rotatable bonds is 2. The molecule has 0 radical (unpaired) electrons. The Morgan fingerprint density at radius 2 is 2.33 bits per heavy atom. The first-order valence-corrected chi connectivity index (χ1v) is 5.35. The van der Waals surface area contributed by atoms with Gasteiger partial charge in [0.25, 0.3) is 0 Å². The van der Waals surface area contributed by atoms with Crippen LogP contribution in [0.3, 0.4) is 0 Å². The largest absolute Gasteiger partial charge is 0.505 e. The monoisotopic (exact) mass is 209 g/mol. The maximum atomic E-state index is 13.0. The molecule has 1 aliphatic heterocycles. The number of phenols is 1. The van der Waals surface area contributed by atoms with Gasteiger partial charge >= 0.3 is 0 Å². The number of benzene rings is 1. The van der Waals surface area contributed by atoms with Crippen molar-refractivity contribution in [3.8, 4) is 5.75 Å². The molecule has 0 aromatic heterocycles. The molecule has 2 nitrogen and oxygen atoms in total. The topological polar surface area (TPSA) is 32.3 Å². The van der Waals surface area contributed by atoms with Crippen molar-refractivity contribution in [2.45, 2.75) is 19.8 Å². The van der Waals surface area contributed by atoms with Crippen molar-refractivity contribution >= 4 is 0 Å². The van der Waals surface area contributed by atoms with Crippen LogP contribution in [0.25, 0.3) is 0 Å². The molecule has 0 amide bonds.